The van der Waals surface area contributed by atoms with Crippen molar-refractivity contribution < 1.29 is 54.2 Å². The van der Waals surface area contributed by atoms with E-state index < -0.39 is 10.1 Å². The smallest absolute Gasteiger partial charge is 1.00 e. The summed E-state index contributed by atoms with van der Waals surface area (Å²) < 4.78 is 29.1. The second-order valence-corrected chi connectivity index (χ2v) is 4.15. The van der Waals surface area contributed by atoms with E-state index in [0.29, 0.717) is 0 Å². The molecule has 82 valence electrons. The maximum absolute atomic E-state index is 10.3. The molecule has 0 aliphatic carbocycles. The van der Waals surface area contributed by atoms with Gasteiger partial charge in [-0.1, -0.05) is 0 Å². The van der Waals surface area contributed by atoms with E-state index in [2.05, 4.69) is 0 Å². The summed E-state index contributed by atoms with van der Waals surface area (Å²) in [6.07, 6.45) is 0. The van der Waals surface area contributed by atoms with Gasteiger partial charge in [0.1, 0.15) is 0 Å². The first-order valence-electron chi connectivity index (χ1n) is 3.89. The van der Waals surface area contributed by atoms with E-state index in [1.54, 1.807) is 4.90 Å². The normalized spacial score (nSPS) is 11.4. The molecule has 8 heteroatoms. The molecule has 0 saturated carbocycles. The van der Waals surface area contributed by atoms with Gasteiger partial charge in [0.05, 0.1) is 19.0 Å². The molecule has 0 aromatic rings. The number of hydrogen-bond acceptors (Lipinski definition) is 5. The fourth-order valence-electron chi connectivity index (χ4n) is 0.863. The molecule has 0 aromatic heterocycles. The maximum atomic E-state index is 10.3. The molecule has 0 fully saturated rings. The molecule has 0 spiro atoms. The van der Waals surface area contributed by atoms with Gasteiger partial charge in [0.25, 0.3) is 10.1 Å². The summed E-state index contributed by atoms with van der Waals surface area (Å²) in [4.78, 5) is 1.55. The number of nitrogens with zero attached hydrogens (tertiary/aromatic N) is 1. The van der Waals surface area contributed by atoms with Crippen molar-refractivity contribution in [3.05, 3.63) is 0 Å². The van der Waals surface area contributed by atoms with Gasteiger partial charge in [-0.05, 0) is 0 Å². The predicted octanol–water partition coefficient (Wildman–Crippen LogP) is -4.72. The summed E-state index contributed by atoms with van der Waals surface area (Å²) in [7, 11) is -3.96. The SMILES string of the molecule is O=S(=O)(O)CCN(CCO)CCO.[H-].[Na+]. The van der Waals surface area contributed by atoms with E-state index >= 15 is 0 Å². The molecular formula is C6H16NNaO5S. The van der Waals surface area contributed by atoms with Crippen LogP contribution in [0, 0.1) is 0 Å². The number of aliphatic hydroxyl groups is 2. The average molecular weight is 237 g/mol. The molecule has 0 aliphatic heterocycles. The summed E-state index contributed by atoms with van der Waals surface area (Å²) in [6.45, 7) is 0.475. The number of aliphatic hydroxyl groups excluding tert-OH is 2. The van der Waals surface area contributed by atoms with Gasteiger partial charge in [-0.3, -0.25) is 9.45 Å². The molecule has 0 heterocycles. The van der Waals surface area contributed by atoms with Crippen LogP contribution in [0.3, 0.4) is 0 Å². The second kappa shape index (κ2) is 9.05. The Morgan fingerprint density at radius 1 is 1.07 bits per heavy atom. The van der Waals surface area contributed by atoms with E-state index in [1.807, 2.05) is 0 Å². The van der Waals surface area contributed by atoms with Crippen LogP contribution in [0.2, 0.25) is 0 Å². The number of hydrogen-bond donors (Lipinski definition) is 3. The van der Waals surface area contributed by atoms with Crippen molar-refractivity contribution in [3.8, 4) is 0 Å². The third-order valence-corrected chi connectivity index (χ3v) is 2.20. The zero-order chi connectivity index (χ0) is 10.3. The van der Waals surface area contributed by atoms with Gasteiger partial charge in [0, 0.05) is 19.6 Å². The van der Waals surface area contributed by atoms with Crippen LogP contribution >= 0.6 is 0 Å². The molecule has 0 bridgehead atoms. The van der Waals surface area contributed by atoms with Crippen LogP contribution in [-0.4, -0.2) is 66.7 Å². The van der Waals surface area contributed by atoms with Crippen molar-refractivity contribution in [3.63, 3.8) is 0 Å². The standard InChI is InChI=1S/C6H15NO5S.Na.H/c8-4-1-7(2-5-9)3-6-13(10,11)12;;/h8-9H,1-6H2,(H,10,11,12);;/q;+1;-1. The van der Waals surface area contributed by atoms with Crippen molar-refractivity contribution in [1.82, 2.24) is 4.90 Å². The molecule has 0 radical (unpaired) electrons. The van der Waals surface area contributed by atoms with Crippen molar-refractivity contribution in [2.45, 2.75) is 0 Å². The minimum absolute atomic E-state index is 0. The van der Waals surface area contributed by atoms with Gasteiger partial charge < -0.3 is 11.6 Å². The third-order valence-electron chi connectivity index (χ3n) is 1.50. The molecule has 0 aromatic carbocycles. The van der Waals surface area contributed by atoms with Crippen molar-refractivity contribution >= 4 is 10.1 Å². The fourth-order valence-corrected chi connectivity index (χ4v) is 1.35. The Morgan fingerprint density at radius 3 is 1.79 bits per heavy atom. The molecule has 3 N–H and O–H groups in total. The van der Waals surface area contributed by atoms with Crippen molar-refractivity contribution in [2.24, 2.45) is 0 Å². The van der Waals surface area contributed by atoms with Gasteiger partial charge in [-0.2, -0.15) is 8.42 Å². The minimum atomic E-state index is -3.96. The topological polar surface area (TPSA) is 98.1 Å². The van der Waals surface area contributed by atoms with Gasteiger partial charge in [-0.15, -0.1) is 0 Å². The zero-order valence-electron chi connectivity index (χ0n) is 9.26. The van der Waals surface area contributed by atoms with E-state index in [9.17, 15) is 8.42 Å². The quantitative estimate of drug-likeness (QED) is 0.304. The molecule has 0 unspecified atom stereocenters. The van der Waals surface area contributed by atoms with Crippen molar-refractivity contribution in [1.29, 1.82) is 0 Å². The second-order valence-electron chi connectivity index (χ2n) is 2.57. The number of rotatable bonds is 7. The van der Waals surface area contributed by atoms with Gasteiger partial charge in [0.15, 0.2) is 0 Å². The Morgan fingerprint density at radius 2 is 1.50 bits per heavy atom. The summed E-state index contributed by atoms with van der Waals surface area (Å²) >= 11 is 0. The zero-order valence-corrected chi connectivity index (χ0v) is 11.1. The Kier molecular flexibility index (Phi) is 11.1. The van der Waals surface area contributed by atoms with Crippen LogP contribution in [0.15, 0.2) is 0 Å². The molecule has 0 saturated heterocycles. The summed E-state index contributed by atoms with van der Waals surface area (Å²) in [6, 6.07) is 0. The first kappa shape index (κ1) is 17.2. The molecule has 0 amide bonds. The molecule has 14 heavy (non-hydrogen) atoms. The molecule has 6 nitrogen and oxygen atoms in total. The van der Waals surface area contributed by atoms with E-state index in [0.717, 1.165) is 0 Å². The Hall–Kier alpha value is 0.790. The molecule has 0 aliphatic rings. The Labute approximate surface area is 107 Å². The third kappa shape index (κ3) is 10.9. The molecule has 0 atom stereocenters. The van der Waals surface area contributed by atoms with Crippen LogP contribution < -0.4 is 29.6 Å². The fraction of sp³-hybridized carbons (Fsp3) is 1.00. The largest absolute Gasteiger partial charge is 1.00 e. The summed E-state index contributed by atoms with van der Waals surface area (Å²) in [5.41, 5.74) is 0. The Balaban J connectivity index is -0.000000720. The van der Waals surface area contributed by atoms with Crippen LogP contribution in [0.4, 0.5) is 0 Å². The van der Waals surface area contributed by atoms with Crippen LogP contribution in [-0.2, 0) is 10.1 Å². The maximum Gasteiger partial charge on any atom is 1.00 e. The minimum Gasteiger partial charge on any atom is -1.00 e. The van der Waals surface area contributed by atoms with Crippen LogP contribution in [0.1, 0.15) is 1.43 Å². The Bertz CT molecular complexity index is 220. The van der Waals surface area contributed by atoms with Gasteiger partial charge in [0.2, 0.25) is 0 Å². The molecular weight excluding hydrogens is 221 g/mol. The van der Waals surface area contributed by atoms with Crippen molar-refractivity contribution in [2.75, 3.05) is 38.6 Å². The predicted molar refractivity (Wildman–Crippen MR) is 48.1 cm³/mol. The monoisotopic (exact) mass is 237 g/mol. The van der Waals surface area contributed by atoms with Crippen LogP contribution in [0.25, 0.3) is 0 Å². The summed E-state index contributed by atoms with van der Waals surface area (Å²) in [5.74, 6) is -0.382. The van der Waals surface area contributed by atoms with Crippen LogP contribution in [0.5, 0.6) is 0 Å². The average Bonchev–Trinajstić information content (AvgIpc) is 2.00. The van der Waals surface area contributed by atoms with Gasteiger partial charge in [-0.25, -0.2) is 0 Å². The first-order valence-corrected chi connectivity index (χ1v) is 5.49. The van der Waals surface area contributed by atoms with E-state index in [4.69, 9.17) is 14.8 Å². The first-order chi connectivity index (χ1) is 5.99. The summed E-state index contributed by atoms with van der Waals surface area (Å²) in [5, 5.41) is 17.1. The van der Waals surface area contributed by atoms with Gasteiger partial charge >= 0.3 is 29.6 Å². The van der Waals surface area contributed by atoms with E-state index in [1.165, 1.54) is 0 Å². The molecule has 0 rings (SSSR count). The van der Waals surface area contributed by atoms with E-state index in [-0.39, 0.29) is 69.6 Å².